The van der Waals surface area contributed by atoms with Crippen LogP contribution in [-0.4, -0.2) is 9.55 Å². The van der Waals surface area contributed by atoms with E-state index in [4.69, 9.17) is 12.2 Å². The van der Waals surface area contributed by atoms with Crippen LogP contribution in [0.3, 0.4) is 0 Å². The van der Waals surface area contributed by atoms with Gasteiger partial charge in [0, 0.05) is 17.9 Å². The van der Waals surface area contributed by atoms with Gasteiger partial charge in [0.15, 0.2) is 4.77 Å². The van der Waals surface area contributed by atoms with Gasteiger partial charge in [0.1, 0.15) is 0 Å². The van der Waals surface area contributed by atoms with E-state index in [1.165, 1.54) is 6.42 Å². The normalized spacial score (nSPS) is 25.8. The largest absolute Gasteiger partial charge is 0.335 e. The van der Waals surface area contributed by atoms with Crippen molar-refractivity contribution in [3.8, 4) is 0 Å². The van der Waals surface area contributed by atoms with Crippen molar-refractivity contribution in [2.24, 2.45) is 5.41 Å². The number of aromatic nitrogens is 2. The van der Waals surface area contributed by atoms with Gasteiger partial charge in [-0.3, -0.25) is 0 Å². The molecule has 1 fully saturated rings. The first-order valence-corrected chi connectivity index (χ1v) is 4.69. The molecule has 1 aliphatic rings. The molecule has 12 heavy (non-hydrogen) atoms. The van der Waals surface area contributed by atoms with E-state index in [-0.39, 0.29) is 0 Å². The highest BCUT2D eigenvalue weighted by Crippen LogP contribution is 2.55. The van der Waals surface area contributed by atoms with Crippen molar-refractivity contribution in [3.05, 3.63) is 16.7 Å². The van der Waals surface area contributed by atoms with Gasteiger partial charge >= 0.3 is 0 Å². The number of nitrogens with zero attached hydrogens (tertiary/aromatic N) is 1. The van der Waals surface area contributed by atoms with Crippen LogP contribution in [0.5, 0.6) is 0 Å². The lowest BCUT2D eigenvalue weighted by Gasteiger charge is -2.03. The van der Waals surface area contributed by atoms with Crippen LogP contribution in [0.2, 0.25) is 0 Å². The van der Waals surface area contributed by atoms with E-state index in [0.29, 0.717) is 11.5 Å². The number of aryl methyl sites for hydroxylation is 1. The minimum Gasteiger partial charge on any atom is -0.335 e. The van der Waals surface area contributed by atoms with Gasteiger partial charge in [0.25, 0.3) is 0 Å². The van der Waals surface area contributed by atoms with Gasteiger partial charge in [0.05, 0.1) is 0 Å². The molecule has 1 aromatic heterocycles. The van der Waals surface area contributed by atoms with Crippen LogP contribution in [0.25, 0.3) is 0 Å². The van der Waals surface area contributed by atoms with Crippen molar-refractivity contribution in [2.45, 2.75) is 33.2 Å². The van der Waals surface area contributed by atoms with Gasteiger partial charge in [-0.1, -0.05) is 13.8 Å². The lowest BCUT2D eigenvalue weighted by atomic mass is 10.2. The topological polar surface area (TPSA) is 20.7 Å². The first-order valence-electron chi connectivity index (χ1n) is 4.28. The molecule has 0 bridgehead atoms. The Balaban J connectivity index is 2.37. The van der Waals surface area contributed by atoms with Crippen LogP contribution < -0.4 is 0 Å². The zero-order chi connectivity index (χ0) is 8.93. The van der Waals surface area contributed by atoms with Gasteiger partial charge in [0.2, 0.25) is 0 Å². The molecule has 66 valence electrons. The predicted octanol–water partition coefficient (Wildman–Crippen LogP) is 2.83. The summed E-state index contributed by atoms with van der Waals surface area (Å²) in [6.07, 6.45) is 3.36. The van der Waals surface area contributed by atoms with Gasteiger partial charge in [-0.2, -0.15) is 0 Å². The highest BCUT2D eigenvalue weighted by molar-refractivity contribution is 7.71. The van der Waals surface area contributed by atoms with Crippen molar-refractivity contribution in [2.75, 3.05) is 0 Å². The Morgan fingerprint density at radius 3 is 2.58 bits per heavy atom. The number of hydrogen-bond donors (Lipinski definition) is 1. The van der Waals surface area contributed by atoms with Crippen LogP contribution in [0, 0.1) is 17.1 Å². The summed E-state index contributed by atoms with van der Waals surface area (Å²) in [6.45, 7) is 6.60. The molecule has 0 aromatic carbocycles. The average Bonchev–Trinajstić information content (AvgIpc) is 2.40. The number of hydrogen-bond acceptors (Lipinski definition) is 1. The summed E-state index contributed by atoms with van der Waals surface area (Å²) in [7, 11) is 0. The number of imidazole rings is 1. The van der Waals surface area contributed by atoms with Crippen LogP contribution in [0.4, 0.5) is 0 Å². The fraction of sp³-hybridized carbons (Fsp3) is 0.667. The lowest BCUT2D eigenvalue weighted by Crippen LogP contribution is -1.98. The van der Waals surface area contributed by atoms with Crippen LogP contribution in [0.15, 0.2) is 6.20 Å². The Kier molecular flexibility index (Phi) is 1.49. The Bertz CT molecular complexity index is 359. The number of H-pyrrole nitrogens is 1. The SMILES string of the molecule is Cc1cn(C2CC2(C)C)c(=S)[nH]1. The molecule has 1 aliphatic carbocycles. The monoisotopic (exact) mass is 182 g/mol. The molecule has 1 saturated carbocycles. The van der Waals surface area contributed by atoms with E-state index in [1.54, 1.807) is 0 Å². The highest BCUT2D eigenvalue weighted by atomic mass is 32.1. The molecular weight excluding hydrogens is 168 g/mol. The molecular formula is C9H14N2S. The highest BCUT2D eigenvalue weighted by Gasteiger charge is 2.47. The number of aromatic amines is 1. The third-order valence-corrected chi connectivity index (χ3v) is 2.98. The third-order valence-electron chi connectivity index (χ3n) is 2.67. The van der Waals surface area contributed by atoms with Gasteiger partial charge in [-0.05, 0) is 31.0 Å². The van der Waals surface area contributed by atoms with Crippen molar-refractivity contribution in [1.29, 1.82) is 0 Å². The Morgan fingerprint density at radius 2 is 2.25 bits per heavy atom. The van der Waals surface area contributed by atoms with E-state index in [9.17, 15) is 0 Å². The first-order chi connectivity index (χ1) is 5.50. The van der Waals surface area contributed by atoms with Crippen molar-refractivity contribution in [1.82, 2.24) is 9.55 Å². The zero-order valence-corrected chi connectivity index (χ0v) is 8.53. The van der Waals surface area contributed by atoms with E-state index in [1.807, 2.05) is 6.92 Å². The lowest BCUT2D eigenvalue weighted by molar-refractivity contribution is 0.537. The quantitative estimate of drug-likeness (QED) is 0.662. The second-order valence-corrected chi connectivity index (χ2v) is 4.74. The second-order valence-electron chi connectivity index (χ2n) is 4.36. The molecule has 2 rings (SSSR count). The van der Waals surface area contributed by atoms with Gasteiger partial charge < -0.3 is 9.55 Å². The van der Waals surface area contributed by atoms with Crippen molar-refractivity contribution >= 4 is 12.2 Å². The van der Waals surface area contributed by atoms with E-state index >= 15 is 0 Å². The average molecular weight is 182 g/mol. The molecule has 0 spiro atoms. The minimum atomic E-state index is 0.451. The molecule has 0 amide bonds. The van der Waals surface area contributed by atoms with Crippen LogP contribution in [-0.2, 0) is 0 Å². The maximum absolute atomic E-state index is 5.20. The Hall–Kier alpha value is -0.570. The van der Waals surface area contributed by atoms with Crippen molar-refractivity contribution in [3.63, 3.8) is 0 Å². The summed E-state index contributed by atoms with van der Waals surface area (Å²) in [5.41, 5.74) is 1.61. The molecule has 0 radical (unpaired) electrons. The summed E-state index contributed by atoms with van der Waals surface area (Å²) in [5, 5.41) is 0. The maximum atomic E-state index is 5.20. The van der Waals surface area contributed by atoms with E-state index < -0.39 is 0 Å². The van der Waals surface area contributed by atoms with E-state index in [0.717, 1.165) is 10.5 Å². The van der Waals surface area contributed by atoms with Crippen molar-refractivity contribution < 1.29 is 0 Å². The van der Waals surface area contributed by atoms with Gasteiger partial charge in [-0.15, -0.1) is 0 Å². The first kappa shape index (κ1) is 8.05. The molecule has 1 unspecified atom stereocenters. The smallest absolute Gasteiger partial charge is 0.177 e. The summed E-state index contributed by atoms with van der Waals surface area (Å²) in [5.74, 6) is 0. The molecule has 1 N–H and O–H groups in total. The predicted molar refractivity (Wildman–Crippen MR) is 51.8 cm³/mol. The summed E-state index contributed by atoms with van der Waals surface area (Å²) in [4.78, 5) is 3.14. The van der Waals surface area contributed by atoms with Crippen LogP contribution >= 0.6 is 12.2 Å². The Labute approximate surface area is 77.6 Å². The standard InChI is InChI=1S/C9H14N2S/c1-6-5-11(8(12)10-6)7-4-9(7,2)3/h5,7H,4H2,1-3H3,(H,10,12). The third kappa shape index (κ3) is 1.12. The summed E-state index contributed by atoms with van der Waals surface area (Å²) >= 11 is 5.20. The number of nitrogens with one attached hydrogen (secondary N) is 1. The molecule has 1 heterocycles. The second kappa shape index (κ2) is 2.22. The summed E-state index contributed by atoms with van der Waals surface area (Å²) < 4.78 is 3.05. The molecule has 1 aromatic rings. The fourth-order valence-corrected chi connectivity index (χ4v) is 2.02. The molecule has 1 atom stereocenters. The van der Waals surface area contributed by atoms with Gasteiger partial charge in [-0.25, -0.2) is 0 Å². The Morgan fingerprint density at radius 1 is 1.67 bits per heavy atom. The van der Waals surface area contributed by atoms with Crippen LogP contribution in [0.1, 0.15) is 32.0 Å². The molecule has 3 heteroatoms. The van der Waals surface area contributed by atoms with E-state index in [2.05, 4.69) is 29.6 Å². The molecule has 0 saturated heterocycles. The summed E-state index contributed by atoms with van der Waals surface area (Å²) in [6, 6.07) is 0.620. The maximum Gasteiger partial charge on any atom is 0.177 e. The number of rotatable bonds is 1. The molecule has 0 aliphatic heterocycles. The fourth-order valence-electron chi connectivity index (χ4n) is 1.68. The zero-order valence-electron chi connectivity index (χ0n) is 7.72. The molecule has 2 nitrogen and oxygen atoms in total. The minimum absolute atomic E-state index is 0.451.